The molecule has 1 fully saturated rings. The summed E-state index contributed by atoms with van der Waals surface area (Å²) >= 11 is 0. The molecule has 8 nitrogen and oxygen atoms in total. The van der Waals surface area contributed by atoms with Crippen LogP contribution >= 0.6 is 24.0 Å². The number of guanidine groups is 1. The Labute approximate surface area is 196 Å². The SMILES string of the molecule is CN=C(NCCCN1CCCC(C(N)=O)C1)NCc1ccc(C(=O)N(C)C)cc1.I. The van der Waals surface area contributed by atoms with Gasteiger partial charge in [-0.25, -0.2) is 0 Å². The van der Waals surface area contributed by atoms with Crippen LogP contribution < -0.4 is 16.4 Å². The minimum absolute atomic E-state index is 0. The first-order chi connectivity index (χ1) is 13.9. The molecule has 9 heteroatoms. The van der Waals surface area contributed by atoms with E-state index in [0.717, 1.165) is 57.0 Å². The molecule has 1 atom stereocenters. The highest BCUT2D eigenvalue weighted by Crippen LogP contribution is 2.15. The summed E-state index contributed by atoms with van der Waals surface area (Å²) < 4.78 is 0. The molecule has 0 saturated carbocycles. The topological polar surface area (TPSA) is 103 Å². The fourth-order valence-electron chi connectivity index (χ4n) is 3.43. The Morgan fingerprint density at radius 1 is 1.23 bits per heavy atom. The smallest absolute Gasteiger partial charge is 0.253 e. The third kappa shape index (κ3) is 8.47. The Morgan fingerprint density at radius 2 is 1.93 bits per heavy atom. The number of hydrogen-bond acceptors (Lipinski definition) is 4. The van der Waals surface area contributed by atoms with E-state index in [1.54, 1.807) is 26.0 Å². The van der Waals surface area contributed by atoms with Crippen molar-refractivity contribution in [2.24, 2.45) is 16.6 Å². The average Bonchev–Trinajstić information content (AvgIpc) is 2.73. The minimum atomic E-state index is -0.184. The molecule has 1 aliphatic rings. The van der Waals surface area contributed by atoms with Crippen molar-refractivity contribution in [3.8, 4) is 0 Å². The number of halogens is 1. The lowest BCUT2D eigenvalue weighted by atomic mass is 9.97. The molecule has 0 aromatic heterocycles. The predicted octanol–water partition coefficient (Wildman–Crippen LogP) is 1.26. The molecule has 1 unspecified atom stereocenters. The fraction of sp³-hybridized carbons (Fsp3) is 0.571. The zero-order valence-corrected chi connectivity index (χ0v) is 20.5. The summed E-state index contributed by atoms with van der Waals surface area (Å²) in [6.45, 7) is 4.17. The molecular weight excluding hydrogens is 495 g/mol. The predicted molar refractivity (Wildman–Crippen MR) is 131 cm³/mol. The molecule has 1 aliphatic heterocycles. The van der Waals surface area contributed by atoms with Gasteiger partial charge in [-0.1, -0.05) is 12.1 Å². The van der Waals surface area contributed by atoms with Crippen molar-refractivity contribution in [2.45, 2.75) is 25.8 Å². The Hall–Kier alpha value is -1.88. The number of aliphatic imine (C=N–C) groups is 1. The maximum atomic E-state index is 11.9. The molecule has 2 amide bonds. The molecule has 1 aromatic carbocycles. The summed E-state index contributed by atoms with van der Waals surface area (Å²) in [6, 6.07) is 7.58. The lowest BCUT2D eigenvalue weighted by Gasteiger charge is -2.31. The third-order valence-corrected chi connectivity index (χ3v) is 5.14. The molecule has 1 heterocycles. The van der Waals surface area contributed by atoms with Gasteiger partial charge in [0.05, 0.1) is 5.92 Å². The number of likely N-dealkylation sites (tertiary alicyclic amines) is 1. The van der Waals surface area contributed by atoms with E-state index in [-0.39, 0.29) is 41.7 Å². The van der Waals surface area contributed by atoms with Gasteiger partial charge in [-0.3, -0.25) is 14.6 Å². The first kappa shape index (κ1) is 26.2. The molecule has 168 valence electrons. The number of piperidine rings is 1. The normalized spacial score (nSPS) is 17.0. The number of carbonyl (C=O) groups is 2. The quantitative estimate of drug-likeness (QED) is 0.203. The standard InChI is InChI=1S/C21H34N6O2.HI/c1-23-21(24-11-5-13-27-12-4-6-18(15-27)19(22)28)25-14-16-7-9-17(10-8-16)20(29)26(2)3;/h7-10,18H,4-6,11-15H2,1-3H3,(H2,22,28)(H2,23,24,25);1H. The number of primary amides is 1. The first-order valence-corrected chi connectivity index (χ1v) is 10.2. The van der Waals surface area contributed by atoms with Crippen LogP contribution in [0.1, 0.15) is 35.2 Å². The highest BCUT2D eigenvalue weighted by Gasteiger charge is 2.23. The molecular formula is C21H35IN6O2. The number of amides is 2. The average molecular weight is 530 g/mol. The second-order valence-electron chi connectivity index (χ2n) is 7.64. The van der Waals surface area contributed by atoms with Crippen LogP contribution in [0.15, 0.2) is 29.3 Å². The first-order valence-electron chi connectivity index (χ1n) is 10.2. The Kier molecular flexibility index (Phi) is 11.7. The Balaban J connectivity index is 0.00000450. The van der Waals surface area contributed by atoms with Crippen LogP contribution in [0.25, 0.3) is 0 Å². The molecule has 0 radical (unpaired) electrons. The summed E-state index contributed by atoms with van der Waals surface area (Å²) in [6.07, 6.45) is 2.90. The molecule has 30 heavy (non-hydrogen) atoms. The number of nitrogens with two attached hydrogens (primary N) is 1. The van der Waals surface area contributed by atoms with E-state index >= 15 is 0 Å². The number of hydrogen-bond donors (Lipinski definition) is 3. The number of benzene rings is 1. The van der Waals surface area contributed by atoms with Gasteiger partial charge in [0.25, 0.3) is 5.91 Å². The summed E-state index contributed by atoms with van der Waals surface area (Å²) in [5, 5.41) is 6.60. The van der Waals surface area contributed by atoms with E-state index in [1.165, 1.54) is 0 Å². The van der Waals surface area contributed by atoms with E-state index in [4.69, 9.17) is 5.73 Å². The second-order valence-corrected chi connectivity index (χ2v) is 7.64. The van der Waals surface area contributed by atoms with Crippen LogP contribution in [0.3, 0.4) is 0 Å². The lowest BCUT2D eigenvalue weighted by molar-refractivity contribution is -0.123. The van der Waals surface area contributed by atoms with Crippen molar-refractivity contribution in [1.29, 1.82) is 0 Å². The van der Waals surface area contributed by atoms with E-state index < -0.39 is 0 Å². The van der Waals surface area contributed by atoms with Gasteiger partial charge in [0.1, 0.15) is 0 Å². The van der Waals surface area contributed by atoms with Crippen LogP contribution in [-0.2, 0) is 11.3 Å². The Bertz CT molecular complexity index is 708. The minimum Gasteiger partial charge on any atom is -0.369 e. The van der Waals surface area contributed by atoms with Crippen molar-refractivity contribution in [3.05, 3.63) is 35.4 Å². The van der Waals surface area contributed by atoms with E-state index in [1.807, 2.05) is 24.3 Å². The number of rotatable bonds is 8. The highest BCUT2D eigenvalue weighted by atomic mass is 127. The number of nitrogens with one attached hydrogen (secondary N) is 2. The monoisotopic (exact) mass is 530 g/mol. The Morgan fingerprint density at radius 3 is 2.53 bits per heavy atom. The maximum absolute atomic E-state index is 11.9. The fourth-order valence-corrected chi connectivity index (χ4v) is 3.43. The van der Waals surface area contributed by atoms with Crippen molar-refractivity contribution in [2.75, 3.05) is 47.3 Å². The summed E-state index contributed by atoms with van der Waals surface area (Å²) in [7, 11) is 5.24. The molecule has 2 rings (SSSR count). The van der Waals surface area contributed by atoms with E-state index in [0.29, 0.717) is 12.1 Å². The van der Waals surface area contributed by atoms with Crippen molar-refractivity contribution in [3.63, 3.8) is 0 Å². The van der Waals surface area contributed by atoms with E-state index in [2.05, 4.69) is 20.5 Å². The van der Waals surface area contributed by atoms with Gasteiger partial charge in [-0.15, -0.1) is 24.0 Å². The molecule has 0 spiro atoms. The van der Waals surface area contributed by atoms with Gasteiger partial charge in [-0.2, -0.15) is 0 Å². The van der Waals surface area contributed by atoms with Gasteiger partial charge < -0.3 is 26.2 Å². The van der Waals surface area contributed by atoms with E-state index in [9.17, 15) is 9.59 Å². The zero-order valence-electron chi connectivity index (χ0n) is 18.2. The molecule has 1 aromatic rings. The highest BCUT2D eigenvalue weighted by molar-refractivity contribution is 14.0. The van der Waals surface area contributed by atoms with Gasteiger partial charge >= 0.3 is 0 Å². The largest absolute Gasteiger partial charge is 0.369 e. The van der Waals surface area contributed by atoms with Gasteiger partial charge in [-0.05, 0) is 50.0 Å². The van der Waals surface area contributed by atoms with Gasteiger partial charge in [0.2, 0.25) is 5.91 Å². The van der Waals surface area contributed by atoms with Crippen LogP contribution in [0.4, 0.5) is 0 Å². The van der Waals surface area contributed by atoms with Crippen molar-refractivity contribution in [1.82, 2.24) is 20.4 Å². The summed E-state index contributed by atoms with van der Waals surface area (Å²) in [5.74, 6) is 0.548. The van der Waals surface area contributed by atoms with Crippen molar-refractivity contribution < 1.29 is 9.59 Å². The van der Waals surface area contributed by atoms with Crippen LogP contribution in [-0.4, -0.2) is 74.9 Å². The van der Waals surface area contributed by atoms with Crippen LogP contribution in [0.2, 0.25) is 0 Å². The van der Waals surface area contributed by atoms with Crippen molar-refractivity contribution >= 4 is 41.8 Å². The lowest BCUT2D eigenvalue weighted by Crippen LogP contribution is -2.42. The van der Waals surface area contributed by atoms with Gasteiger partial charge in [0.15, 0.2) is 5.96 Å². The van der Waals surface area contributed by atoms with Crippen LogP contribution in [0, 0.1) is 5.92 Å². The molecule has 4 N–H and O–H groups in total. The molecule has 0 bridgehead atoms. The molecule has 1 saturated heterocycles. The third-order valence-electron chi connectivity index (χ3n) is 5.14. The number of carbonyl (C=O) groups excluding carboxylic acids is 2. The summed E-state index contributed by atoms with van der Waals surface area (Å²) in [4.78, 5) is 31.4. The number of nitrogens with zero attached hydrogens (tertiary/aromatic N) is 3. The summed E-state index contributed by atoms with van der Waals surface area (Å²) in [5.41, 5.74) is 7.19. The second kappa shape index (κ2) is 13.4. The molecule has 0 aliphatic carbocycles. The van der Waals surface area contributed by atoms with Crippen LogP contribution in [0.5, 0.6) is 0 Å². The van der Waals surface area contributed by atoms with Gasteiger partial charge in [0, 0.05) is 46.3 Å². The zero-order chi connectivity index (χ0) is 21.2. The maximum Gasteiger partial charge on any atom is 0.253 e.